The van der Waals surface area contributed by atoms with E-state index >= 15 is 0 Å². The summed E-state index contributed by atoms with van der Waals surface area (Å²) in [6, 6.07) is 0. The molecule has 0 N–H and O–H groups in total. The van der Waals surface area contributed by atoms with E-state index in [0.29, 0.717) is 0 Å². The van der Waals surface area contributed by atoms with Crippen molar-refractivity contribution in [3.63, 3.8) is 0 Å². The van der Waals surface area contributed by atoms with Gasteiger partial charge in [0.05, 0.1) is 24.4 Å². The van der Waals surface area contributed by atoms with E-state index in [4.69, 9.17) is 28.4 Å². The van der Waals surface area contributed by atoms with E-state index in [1.54, 1.807) is 26.4 Å². The number of methoxy groups -OCH3 is 2. The van der Waals surface area contributed by atoms with Crippen molar-refractivity contribution in [2.24, 2.45) is 0 Å². The second-order valence-corrected chi connectivity index (χ2v) is 6.13. The van der Waals surface area contributed by atoms with Crippen molar-refractivity contribution >= 4 is 0 Å². The van der Waals surface area contributed by atoms with Gasteiger partial charge in [0.2, 0.25) is 0 Å². The highest BCUT2D eigenvalue weighted by Gasteiger charge is 2.41. The van der Waals surface area contributed by atoms with Gasteiger partial charge in [0.15, 0.2) is 0 Å². The molecular formula is C18H30O6. The molecule has 0 aromatic carbocycles. The quantitative estimate of drug-likeness (QED) is 0.425. The van der Waals surface area contributed by atoms with Gasteiger partial charge < -0.3 is 28.4 Å². The van der Waals surface area contributed by atoms with Crippen LogP contribution in [0.15, 0.2) is 25.3 Å². The Morgan fingerprint density at radius 2 is 1.25 bits per heavy atom. The number of rotatable bonds is 11. The summed E-state index contributed by atoms with van der Waals surface area (Å²) in [5.74, 6) is 0. The molecule has 2 aliphatic heterocycles. The van der Waals surface area contributed by atoms with E-state index in [2.05, 4.69) is 13.2 Å². The third kappa shape index (κ3) is 5.12. The van der Waals surface area contributed by atoms with Gasteiger partial charge in [0.25, 0.3) is 0 Å². The predicted molar refractivity (Wildman–Crippen MR) is 89.7 cm³/mol. The van der Waals surface area contributed by atoms with Crippen LogP contribution in [0.1, 0.15) is 25.7 Å². The average Bonchev–Trinajstić information content (AvgIpc) is 3.26. The van der Waals surface area contributed by atoms with E-state index in [1.165, 1.54) is 0 Å². The highest BCUT2D eigenvalue weighted by atomic mass is 16.7. The first kappa shape index (κ1) is 19.6. The largest absolute Gasteiger partial charge is 0.369 e. The van der Waals surface area contributed by atoms with Crippen LogP contribution in [0.2, 0.25) is 0 Å². The van der Waals surface area contributed by atoms with Gasteiger partial charge in [-0.2, -0.15) is 0 Å². The Hall–Kier alpha value is -0.760. The fourth-order valence-electron chi connectivity index (χ4n) is 3.36. The molecule has 0 spiro atoms. The molecule has 0 bridgehead atoms. The molecule has 2 aliphatic rings. The summed E-state index contributed by atoms with van der Waals surface area (Å²) in [6.45, 7) is 8.12. The van der Waals surface area contributed by atoms with Crippen LogP contribution in [0.4, 0.5) is 0 Å². The Bertz CT molecular complexity index is 352. The van der Waals surface area contributed by atoms with E-state index in [1.807, 2.05) is 0 Å². The number of ether oxygens (including phenoxy) is 6. The lowest BCUT2D eigenvalue weighted by Gasteiger charge is -2.25. The normalized spacial score (nSPS) is 32.6. The van der Waals surface area contributed by atoms with Crippen molar-refractivity contribution in [2.45, 2.75) is 62.3 Å². The minimum Gasteiger partial charge on any atom is -0.369 e. The molecule has 2 saturated heterocycles. The van der Waals surface area contributed by atoms with Crippen LogP contribution in [-0.2, 0) is 28.4 Å². The molecule has 0 aliphatic carbocycles. The molecule has 138 valence electrons. The molecule has 2 rings (SSSR count). The van der Waals surface area contributed by atoms with Crippen LogP contribution in [0.25, 0.3) is 0 Å². The average molecular weight is 342 g/mol. The minimum absolute atomic E-state index is 0.00485. The molecule has 2 heterocycles. The van der Waals surface area contributed by atoms with E-state index in [9.17, 15) is 0 Å². The summed E-state index contributed by atoms with van der Waals surface area (Å²) in [7, 11) is 3.21. The molecule has 24 heavy (non-hydrogen) atoms. The van der Waals surface area contributed by atoms with Crippen LogP contribution in [0.5, 0.6) is 0 Å². The summed E-state index contributed by atoms with van der Waals surface area (Å²) >= 11 is 0. The Kier molecular flexibility index (Phi) is 8.38. The first-order chi connectivity index (χ1) is 11.7. The maximum absolute atomic E-state index is 6.17. The topological polar surface area (TPSA) is 55.4 Å². The van der Waals surface area contributed by atoms with Gasteiger partial charge in [-0.3, -0.25) is 0 Å². The van der Waals surface area contributed by atoms with Crippen LogP contribution >= 0.6 is 0 Å². The summed E-state index contributed by atoms with van der Waals surface area (Å²) in [4.78, 5) is 0. The number of hydrogen-bond donors (Lipinski definition) is 0. The third-order valence-corrected chi connectivity index (χ3v) is 4.54. The first-order valence-electron chi connectivity index (χ1n) is 8.50. The minimum atomic E-state index is -0.155. The highest BCUT2D eigenvalue weighted by molar-refractivity contribution is 4.96. The molecule has 0 saturated carbocycles. The van der Waals surface area contributed by atoms with Gasteiger partial charge in [-0.25, -0.2) is 0 Å². The molecule has 0 unspecified atom stereocenters. The highest BCUT2D eigenvalue weighted by Crippen LogP contribution is 2.34. The van der Waals surface area contributed by atoms with Crippen molar-refractivity contribution in [1.82, 2.24) is 0 Å². The zero-order chi connectivity index (χ0) is 17.4. The van der Waals surface area contributed by atoms with Gasteiger partial charge in [0, 0.05) is 14.2 Å². The molecule has 2 fully saturated rings. The number of hydrogen-bond acceptors (Lipinski definition) is 6. The standard InChI is InChI=1S/C18H30O6/c1-5-13(21-11-19-3)15-7-9-17(23-15)18-10-8-16(24-18)14(6-2)22-12-20-4/h5-6,13-18H,1-2,7-12H2,3-4H3/t13-,14-,15-,16-,17-,18-/m1/s1. The molecule has 6 heteroatoms. The van der Waals surface area contributed by atoms with Crippen LogP contribution < -0.4 is 0 Å². The summed E-state index contributed by atoms with van der Waals surface area (Å²) in [5.41, 5.74) is 0. The molecule has 0 amide bonds. The monoisotopic (exact) mass is 342 g/mol. The van der Waals surface area contributed by atoms with Crippen molar-refractivity contribution in [2.75, 3.05) is 27.8 Å². The van der Waals surface area contributed by atoms with Crippen LogP contribution in [0, 0.1) is 0 Å². The van der Waals surface area contributed by atoms with E-state index in [-0.39, 0.29) is 50.2 Å². The predicted octanol–water partition coefficient (Wildman–Crippen LogP) is 2.43. The second-order valence-electron chi connectivity index (χ2n) is 6.13. The lowest BCUT2D eigenvalue weighted by atomic mass is 10.0. The molecule has 0 aromatic rings. The molecular weight excluding hydrogens is 312 g/mol. The van der Waals surface area contributed by atoms with E-state index in [0.717, 1.165) is 25.7 Å². The maximum Gasteiger partial charge on any atom is 0.147 e. The van der Waals surface area contributed by atoms with Gasteiger partial charge in [-0.1, -0.05) is 12.2 Å². The summed E-state index contributed by atoms with van der Waals surface area (Å²) in [5, 5.41) is 0. The zero-order valence-electron chi connectivity index (χ0n) is 14.7. The maximum atomic E-state index is 6.17. The first-order valence-corrected chi connectivity index (χ1v) is 8.50. The Morgan fingerprint density at radius 3 is 1.58 bits per heavy atom. The third-order valence-electron chi connectivity index (χ3n) is 4.54. The zero-order valence-corrected chi connectivity index (χ0v) is 14.7. The fourth-order valence-corrected chi connectivity index (χ4v) is 3.36. The van der Waals surface area contributed by atoms with Crippen LogP contribution in [-0.4, -0.2) is 64.4 Å². The lowest BCUT2D eigenvalue weighted by Crippen LogP contribution is -2.34. The summed E-state index contributed by atoms with van der Waals surface area (Å²) < 4.78 is 33.5. The van der Waals surface area contributed by atoms with Gasteiger partial charge in [-0.05, 0) is 25.7 Å². The fraction of sp³-hybridized carbons (Fsp3) is 0.778. The Balaban J connectivity index is 1.81. The molecule has 6 atom stereocenters. The Morgan fingerprint density at radius 1 is 0.833 bits per heavy atom. The molecule has 6 nitrogen and oxygen atoms in total. The van der Waals surface area contributed by atoms with Crippen molar-refractivity contribution in [1.29, 1.82) is 0 Å². The smallest absolute Gasteiger partial charge is 0.147 e. The van der Waals surface area contributed by atoms with Gasteiger partial charge in [-0.15, -0.1) is 13.2 Å². The van der Waals surface area contributed by atoms with Gasteiger partial charge in [0.1, 0.15) is 25.8 Å². The van der Waals surface area contributed by atoms with Crippen molar-refractivity contribution < 1.29 is 28.4 Å². The van der Waals surface area contributed by atoms with Crippen molar-refractivity contribution in [3.8, 4) is 0 Å². The SMILES string of the molecule is C=C[C@@H](OCOC)[C@H]1CC[C@H]([C@H]2CC[C@H]([C@@H](C=C)OCOC)O2)O1. The summed E-state index contributed by atoms with van der Waals surface area (Å²) in [6.07, 6.45) is 7.20. The van der Waals surface area contributed by atoms with Crippen molar-refractivity contribution in [3.05, 3.63) is 25.3 Å². The van der Waals surface area contributed by atoms with Crippen LogP contribution in [0.3, 0.4) is 0 Å². The van der Waals surface area contributed by atoms with Gasteiger partial charge >= 0.3 is 0 Å². The van der Waals surface area contributed by atoms with E-state index < -0.39 is 0 Å². The lowest BCUT2D eigenvalue weighted by molar-refractivity contribution is -0.141. The second kappa shape index (κ2) is 10.3. The Labute approximate surface area is 144 Å². The molecule has 0 radical (unpaired) electrons. The molecule has 0 aromatic heterocycles.